The van der Waals surface area contributed by atoms with Gasteiger partial charge in [0, 0.05) is 17.0 Å². The predicted octanol–water partition coefficient (Wildman–Crippen LogP) is 3.89. The van der Waals surface area contributed by atoms with E-state index in [1.54, 1.807) is 23.9 Å². The fourth-order valence-corrected chi connectivity index (χ4v) is 2.45. The van der Waals surface area contributed by atoms with E-state index >= 15 is 0 Å². The summed E-state index contributed by atoms with van der Waals surface area (Å²) in [6.45, 7) is -0.0293. The Balaban J connectivity index is 1.94. The Morgan fingerprint density at radius 3 is 2.21 bits per heavy atom. The topological polar surface area (TPSA) is 49.3 Å². The van der Waals surface area contributed by atoms with E-state index in [1.807, 2.05) is 18.4 Å². The molecule has 0 aliphatic rings. The Labute approximate surface area is 141 Å². The number of hydrogen-bond acceptors (Lipinski definition) is 3. The molecule has 1 amide bonds. The lowest BCUT2D eigenvalue weighted by Crippen LogP contribution is -2.28. The zero-order valence-electron chi connectivity index (χ0n) is 12.8. The van der Waals surface area contributed by atoms with Crippen molar-refractivity contribution < 1.29 is 23.1 Å². The Hall–Kier alpha value is -1.99. The molecule has 2 aromatic rings. The van der Waals surface area contributed by atoms with Gasteiger partial charge in [-0.05, 0) is 48.2 Å². The first-order chi connectivity index (χ1) is 11.3. The van der Waals surface area contributed by atoms with Crippen LogP contribution in [0.15, 0.2) is 53.4 Å². The van der Waals surface area contributed by atoms with Crippen LogP contribution >= 0.6 is 11.8 Å². The van der Waals surface area contributed by atoms with Gasteiger partial charge in [-0.2, -0.15) is 13.2 Å². The number of carbonyl (C=O) groups excluding carboxylic acids is 1. The third-order valence-corrected chi connectivity index (χ3v) is 4.17. The smallest absolute Gasteiger partial charge is 0.387 e. The highest BCUT2D eigenvalue weighted by atomic mass is 32.2. The zero-order chi connectivity index (χ0) is 17.7. The molecule has 0 fully saturated rings. The Morgan fingerprint density at radius 2 is 1.71 bits per heavy atom. The number of benzene rings is 2. The summed E-state index contributed by atoms with van der Waals surface area (Å²) in [4.78, 5) is 13.0. The van der Waals surface area contributed by atoms with Crippen molar-refractivity contribution in [1.29, 1.82) is 0 Å². The summed E-state index contributed by atoms with van der Waals surface area (Å²) in [5.41, 5.74) is -0.0542. The van der Waals surface area contributed by atoms with Crippen LogP contribution in [0.4, 0.5) is 13.2 Å². The molecule has 0 heterocycles. The first-order valence-corrected chi connectivity index (χ1v) is 8.31. The molecule has 2 aromatic carbocycles. The van der Waals surface area contributed by atoms with Gasteiger partial charge in [-0.1, -0.05) is 12.1 Å². The predicted molar refractivity (Wildman–Crippen MR) is 87.0 cm³/mol. The van der Waals surface area contributed by atoms with Gasteiger partial charge in [-0.15, -0.1) is 11.8 Å². The van der Waals surface area contributed by atoms with E-state index in [-0.39, 0.29) is 12.1 Å². The van der Waals surface area contributed by atoms with Crippen LogP contribution in [0, 0.1) is 0 Å². The van der Waals surface area contributed by atoms with Gasteiger partial charge in [0.25, 0.3) is 5.91 Å². The molecule has 2 N–H and O–H groups in total. The molecule has 0 aliphatic heterocycles. The maximum atomic E-state index is 12.5. The lowest BCUT2D eigenvalue weighted by Gasteiger charge is -2.13. The molecule has 3 nitrogen and oxygen atoms in total. The monoisotopic (exact) mass is 355 g/mol. The van der Waals surface area contributed by atoms with Crippen molar-refractivity contribution in [2.75, 3.05) is 12.8 Å². The number of halogens is 3. The molecule has 24 heavy (non-hydrogen) atoms. The number of rotatable bonds is 5. The average molecular weight is 355 g/mol. The summed E-state index contributed by atoms with van der Waals surface area (Å²) < 4.78 is 37.4. The molecule has 0 bridgehead atoms. The number of thioether (sulfide) groups is 1. The van der Waals surface area contributed by atoms with E-state index in [0.29, 0.717) is 5.56 Å². The quantitative estimate of drug-likeness (QED) is 0.800. The molecule has 0 saturated heterocycles. The number of aliphatic hydroxyl groups excluding tert-OH is 1. The lowest BCUT2D eigenvalue weighted by atomic mass is 10.1. The van der Waals surface area contributed by atoms with Gasteiger partial charge in [-0.3, -0.25) is 4.79 Å². The van der Waals surface area contributed by atoms with Crippen molar-refractivity contribution in [3.8, 4) is 0 Å². The molecule has 1 unspecified atom stereocenters. The Bertz CT molecular complexity index is 684. The third-order valence-electron chi connectivity index (χ3n) is 3.43. The lowest BCUT2D eigenvalue weighted by molar-refractivity contribution is -0.137. The van der Waals surface area contributed by atoms with Gasteiger partial charge < -0.3 is 10.4 Å². The second-order valence-electron chi connectivity index (χ2n) is 5.07. The van der Waals surface area contributed by atoms with Gasteiger partial charge in [0.05, 0.1) is 11.7 Å². The first kappa shape index (κ1) is 18.4. The molecule has 0 saturated carbocycles. The number of carbonyl (C=O) groups is 1. The summed E-state index contributed by atoms with van der Waals surface area (Å²) in [7, 11) is 0. The van der Waals surface area contributed by atoms with E-state index in [1.165, 1.54) is 0 Å². The van der Waals surface area contributed by atoms with Gasteiger partial charge in [0.15, 0.2) is 0 Å². The van der Waals surface area contributed by atoms with Crippen molar-refractivity contribution in [1.82, 2.24) is 5.32 Å². The largest absolute Gasteiger partial charge is 0.416 e. The maximum Gasteiger partial charge on any atom is 0.416 e. The van der Waals surface area contributed by atoms with Crippen LogP contribution < -0.4 is 5.32 Å². The SMILES string of the molecule is CSc1ccc(C(O)CNC(=O)c2ccc(C(F)(F)F)cc2)cc1. The fourth-order valence-electron chi connectivity index (χ4n) is 2.05. The van der Waals surface area contributed by atoms with E-state index in [2.05, 4.69) is 5.32 Å². The minimum absolute atomic E-state index is 0.0293. The van der Waals surface area contributed by atoms with Gasteiger partial charge in [0.1, 0.15) is 0 Å². The molecule has 1 atom stereocenters. The molecule has 7 heteroatoms. The number of aliphatic hydroxyl groups is 1. The van der Waals surface area contributed by atoms with Gasteiger partial charge in [0.2, 0.25) is 0 Å². The van der Waals surface area contributed by atoms with Crippen molar-refractivity contribution in [3.63, 3.8) is 0 Å². The van der Waals surface area contributed by atoms with Crippen LogP contribution in [0.2, 0.25) is 0 Å². The van der Waals surface area contributed by atoms with Gasteiger partial charge >= 0.3 is 6.18 Å². The van der Waals surface area contributed by atoms with Crippen LogP contribution in [-0.4, -0.2) is 23.8 Å². The molecule has 0 aromatic heterocycles. The van der Waals surface area contributed by atoms with Gasteiger partial charge in [-0.25, -0.2) is 0 Å². The second-order valence-corrected chi connectivity index (χ2v) is 5.95. The molecular weight excluding hydrogens is 339 g/mol. The number of amides is 1. The maximum absolute atomic E-state index is 12.5. The van der Waals surface area contributed by atoms with Crippen molar-refractivity contribution in [2.24, 2.45) is 0 Å². The van der Waals surface area contributed by atoms with Crippen molar-refractivity contribution in [2.45, 2.75) is 17.2 Å². The van der Waals surface area contributed by atoms with Crippen LogP contribution in [-0.2, 0) is 6.18 Å². The van der Waals surface area contributed by atoms with E-state index in [0.717, 1.165) is 29.2 Å². The molecule has 128 valence electrons. The minimum atomic E-state index is -4.44. The molecular formula is C17H16F3NO2S. The molecule has 0 aliphatic carbocycles. The number of hydrogen-bond donors (Lipinski definition) is 2. The first-order valence-electron chi connectivity index (χ1n) is 7.08. The highest BCUT2D eigenvalue weighted by Crippen LogP contribution is 2.29. The third kappa shape index (κ3) is 4.75. The second kappa shape index (κ2) is 7.72. The zero-order valence-corrected chi connectivity index (χ0v) is 13.6. The normalized spacial score (nSPS) is 12.7. The standard InChI is InChI=1S/C17H16F3NO2S/c1-24-14-8-4-11(5-9-14)15(22)10-21-16(23)12-2-6-13(7-3-12)17(18,19)20/h2-9,15,22H,10H2,1H3,(H,21,23). The Morgan fingerprint density at radius 1 is 1.12 bits per heavy atom. The highest BCUT2D eigenvalue weighted by molar-refractivity contribution is 7.98. The van der Waals surface area contributed by atoms with Crippen LogP contribution in [0.25, 0.3) is 0 Å². The summed E-state index contributed by atoms with van der Waals surface area (Å²) >= 11 is 1.58. The van der Waals surface area contributed by atoms with E-state index in [4.69, 9.17) is 0 Å². The van der Waals surface area contributed by atoms with E-state index < -0.39 is 23.8 Å². The average Bonchev–Trinajstić information content (AvgIpc) is 2.58. The van der Waals surface area contributed by atoms with Crippen molar-refractivity contribution in [3.05, 3.63) is 65.2 Å². The Kier molecular flexibility index (Phi) is 5.90. The van der Waals surface area contributed by atoms with Crippen LogP contribution in [0.3, 0.4) is 0 Å². The van der Waals surface area contributed by atoms with E-state index in [9.17, 15) is 23.1 Å². The van der Waals surface area contributed by atoms with Crippen LogP contribution in [0.5, 0.6) is 0 Å². The summed E-state index contributed by atoms with van der Waals surface area (Å²) in [6, 6.07) is 11.2. The number of nitrogens with one attached hydrogen (secondary N) is 1. The summed E-state index contributed by atoms with van der Waals surface area (Å²) in [6.07, 6.45) is -3.39. The molecule has 2 rings (SSSR count). The van der Waals surface area contributed by atoms with Crippen molar-refractivity contribution >= 4 is 17.7 Å². The summed E-state index contributed by atoms with van der Waals surface area (Å²) in [5.74, 6) is -0.538. The highest BCUT2D eigenvalue weighted by Gasteiger charge is 2.30. The molecule has 0 radical (unpaired) electrons. The molecule has 0 spiro atoms. The fraction of sp³-hybridized carbons (Fsp3) is 0.235. The minimum Gasteiger partial charge on any atom is -0.387 e. The van der Waals surface area contributed by atoms with Crippen LogP contribution in [0.1, 0.15) is 27.6 Å². The number of alkyl halides is 3. The summed E-state index contributed by atoms with van der Waals surface area (Å²) in [5, 5.41) is 12.6.